The van der Waals surface area contributed by atoms with Gasteiger partial charge in [0.15, 0.2) is 0 Å². The van der Waals surface area contributed by atoms with Crippen molar-refractivity contribution in [3.05, 3.63) is 34.3 Å². The van der Waals surface area contributed by atoms with Gasteiger partial charge in [-0.1, -0.05) is 61.3 Å². The lowest BCUT2D eigenvalue weighted by atomic mass is 9.79. The number of rotatable bonds is 7. The smallest absolute Gasteiger partial charge is 0.0207 e. The van der Waals surface area contributed by atoms with Crippen LogP contribution in [0, 0.1) is 5.41 Å². The van der Waals surface area contributed by atoms with Crippen molar-refractivity contribution < 1.29 is 0 Å². The maximum Gasteiger partial charge on any atom is 0.0207 e. The first-order valence-corrected chi connectivity index (χ1v) is 7.34. The summed E-state index contributed by atoms with van der Waals surface area (Å²) in [5.41, 5.74) is 1.77. The van der Waals surface area contributed by atoms with Crippen LogP contribution >= 0.6 is 15.9 Å². The molecule has 0 radical (unpaired) electrons. The monoisotopic (exact) mass is 297 g/mol. The third-order valence-corrected chi connectivity index (χ3v) is 4.00. The minimum Gasteiger partial charge on any atom is -0.316 e. The van der Waals surface area contributed by atoms with Crippen molar-refractivity contribution in [1.29, 1.82) is 0 Å². The molecule has 1 aromatic carbocycles. The van der Waals surface area contributed by atoms with Crippen LogP contribution in [-0.2, 0) is 6.42 Å². The van der Waals surface area contributed by atoms with Gasteiger partial charge in [-0.15, -0.1) is 0 Å². The molecule has 0 fully saturated rings. The molecule has 0 saturated heterocycles. The van der Waals surface area contributed by atoms with Crippen LogP contribution in [0.15, 0.2) is 28.7 Å². The summed E-state index contributed by atoms with van der Waals surface area (Å²) in [6, 6.07) is 8.56. The predicted octanol–water partition coefficient (Wildman–Crippen LogP) is 4.41. The number of hydrogen-bond donors (Lipinski definition) is 1. The molecule has 1 aromatic rings. The topological polar surface area (TPSA) is 12.0 Å². The Kier molecular flexibility index (Phi) is 6.21. The van der Waals surface area contributed by atoms with Gasteiger partial charge in [0.2, 0.25) is 0 Å². The molecule has 0 amide bonds. The fourth-order valence-corrected chi connectivity index (χ4v) is 2.80. The average Bonchev–Trinajstić information content (AvgIpc) is 2.30. The van der Waals surface area contributed by atoms with Gasteiger partial charge < -0.3 is 5.32 Å². The lowest BCUT2D eigenvalue weighted by Gasteiger charge is -2.30. The highest BCUT2D eigenvalue weighted by Crippen LogP contribution is 2.30. The molecule has 0 aromatic heterocycles. The summed E-state index contributed by atoms with van der Waals surface area (Å²) >= 11 is 3.65. The molecular weight excluding hydrogens is 274 g/mol. The highest BCUT2D eigenvalue weighted by atomic mass is 79.9. The standard InChI is InChI=1S/C15H24BrN/c1-4-10-15(3,12-17-5-2)11-13-8-6-7-9-14(13)16/h6-9,17H,4-5,10-12H2,1-3H3. The Morgan fingerprint density at radius 2 is 1.94 bits per heavy atom. The van der Waals surface area contributed by atoms with E-state index in [4.69, 9.17) is 0 Å². The van der Waals surface area contributed by atoms with Crippen molar-refractivity contribution in [3.8, 4) is 0 Å². The van der Waals surface area contributed by atoms with E-state index in [1.807, 2.05) is 0 Å². The zero-order chi connectivity index (χ0) is 12.7. The van der Waals surface area contributed by atoms with Crippen molar-refractivity contribution in [2.75, 3.05) is 13.1 Å². The molecule has 2 heteroatoms. The summed E-state index contributed by atoms with van der Waals surface area (Å²) in [4.78, 5) is 0. The molecular formula is C15H24BrN. The Morgan fingerprint density at radius 3 is 2.53 bits per heavy atom. The number of benzene rings is 1. The van der Waals surface area contributed by atoms with Crippen molar-refractivity contribution in [2.24, 2.45) is 5.41 Å². The Morgan fingerprint density at radius 1 is 1.24 bits per heavy atom. The van der Waals surface area contributed by atoms with E-state index >= 15 is 0 Å². The first-order valence-electron chi connectivity index (χ1n) is 6.55. The summed E-state index contributed by atoms with van der Waals surface area (Å²) < 4.78 is 1.24. The predicted molar refractivity (Wildman–Crippen MR) is 79.4 cm³/mol. The van der Waals surface area contributed by atoms with E-state index in [1.165, 1.54) is 22.9 Å². The van der Waals surface area contributed by atoms with Crippen molar-refractivity contribution >= 4 is 15.9 Å². The van der Waals surface area contributed by atoms with E-state index in [0.29, 0.717) is 5.41 Å². The van der Waals surface area contributed by atoms with Crippen LogP contribution in [0.5, 0.6) is 0 Å². The fourth-order valence-electron chi connectivity index (χ4n) is 2.37. The van der Waals surface area contributed by atoms with E-state index < -0.39 is 0 Å². The van der Waals surface area contributed by atoms with E-state index in [2.05, 4.69) is 66.3 Å². The molecule has 0 spiro atoms. The van der Waals surface area contributed by atoms with Crippen LogP contribution in [0.4, 0.5) is 0 Å². The maximum atomic E-state index is 3.65. The molecule has 0 heterocycles. The number of nitrogens with one attached hydrogen (secondary N) is 1. The largest absolute Gasteiger partial charge is 0.316 e. The summed E-state index contributed by atoms with van der Waals surface area (Å²) in [7, 11) is 0. The van der Waals surface area contributed by atoms with Gasteiger partial charge in [-0.2, -0.15) is 0 Å². The highest BCUT2D eigenvalue weighted by molar-refractivity contribution is 9.10. The molecule has 0 aliphatic rings. The normalized spacial score (nSPS) is 14.6. The first kappa shape index (κ1) is 14.7. The first-order chi connectivity index (χ1) is 8.11. The third-order valence-electron chi connectivity index (χ3n) is 3.23. The molecule has 1 nitrogen and oxygen atoms in total. The molecule has 1 unspecified atom stereocenters. The second-order valence-electron chi connectivity index (χ2n) is 5.11. The molecule has 0 aliphatic heterocycles. The lowest BCUT2D eigenvalue weighted by Crippen LogP contribution is -2.33. The SMILES string of the molecule is CCCC(C)(CNCC)Cc1ccccc1Br. The molecule has 1 rings (SSSR count). The van der Waals surface area contributed by atoms with Gasteiger partial charge in [0.25, 0.3) is 0 Å². The second kappa shape index (κ2) is 7.17. The van der Waals surface area contributed by atoms with Gasteiger partial charge >= 0.3 is 0 Å². The average molecular weight is 298 g/mol. The Hall–Kier alpha value is -0.340. The molecule has 0 aliphatic carbocycles. The fraction of sp³-hybridized carbons (Fsp3) is 0.600. The summed E-state index contributed by atoms with van der Waals surface area (Å²) in [5.74, 6) is 0. The summed E-state index contributed by atoms with van der Waals surface area (Å²) in [6.45, 7) is 8.97. The minimum atomic E-state index is 0.356. The van der Waals surface area contributed by atoms with E-state index in [1.54, 1.807) is 0 Å². The summed E-state index contributed by atoms with van der Waals surface area (Å²) in [5, 5.41) is 3.50. The number of hydrogen-bond acceptors (Lipinski definition) is 1. The lowest BCUT2D eigenvalue weighted by molar-refractivity contribution is 0.277. The van der Waals surface area contributed by atoms with Gasteiger partial charge in [0.05, 0.1) is 0 Å². The van der Waals surface area contributed by atoms with Crippen molar-refractivity contribution in [3.63, 3.8) is 0 Å². The molecule has 1 N–H and O–H groups in total. The maximum absolute atomic E-state index is 3.65. The summed E-state index contributed by atoms with van der Waals surface area (Å²) in [6.07, 6.45) is 3.64. The molecule has 1 atom stereocenters. The van der Waals surface area contributed by atoms with Crippen molar-refractivity contribution in [2.45, 2.75) is 40.0 Å². The van der Waals surface area contributed by atoms with Gasteiger partial charge in [-0.25, -0.2) is 0 Å². The van der Waals surface area contributed by atoms with Crippen LogP contribution < -0.4 is 5.32 Å². The van der Waals surface area contributed by atoms with Crippen LogP contribution in [0.3, 0.4) is 0 Å². The Bertz CT molecular complexity index is 337. The van der Waals surface area contributed by atoms with Crippen LogP contribution in [-0.4, -0.2) is 13.1 Å². The van der Waals surface area contributed by atoms with Crippen molar-refractivity contribution in [1.82, 2.24) is 5.32 Å². The number of halogens is 1. The van der Waals surface area contributed by atoms with Crippen LogP contribution in [0.25, 0.3) is 0 Å². The quantitative estimate of drug-likeness (QED) is 0.786. The van der Waals surface area contributed by atoms with Gasteiger partial charge in [0, 0.05) is 11.0 Å². The Labute approximate surface area is 114 Å². The van der Waals surface area contributed by atoms with E-state index in [-0.39, 0.29) is 0 Å². The molecule has 0 saturated carbocycles. The third kappa shape index (κ3) is 4.81. The zero-order valence-electron chi connectivity index (χ0n) is 11.2. The zero-order valence-corrected chi connectivity index (χ0v) is 12.8. The molecule has 17 heavy (non-hydrogen) atoms. The molecule has 96 valence electrons. The molecule has 0 bridgehead atoms. The van der Waals surface area contributed by atoms with Gasteiger partial charge in [0.1, 0.15) is 0 Å². The van der Waals surface area contributed by atoms with Crippen LogP contribution in [0.2, 0.25) is 0 Å². The van der Waals surface area contributed by atoms with E-state index in [9.17, 15) is 0 Å². The van der Waals surface area contributed by atoms with Gasteiger partial charge in [-0.3, -0.25) is 0 Å². The Balaban J connectivity index is 2.75. The minimum absolute atomic E-state index is 0.356. The van der Waals surface area contributed by atoms with Crippen LogP contribution in [0.1, 0.15) is 39.2 Å². The van der Waals surface area contributed by atoms with Gasteiger partial charge in [-0.05, 0) is 36.4 Å². The van der Waals surface area contributed by atoms with E-state index in [0.717, 1.165) is 19.5 Å². The highest BCUT2D eigenvalue weighted by Gasteiger charge is 2.23. The second-order valence-corrected chi connectivity index (χ2v) is 5.96.